The van der Waals surface area contributed by atoms with Gasteiger partial charge in [0.15, 0.2) is 11.5 Å². The van der Waals surface area contributed by atoms with Crippen LogP contribution in [0.4, 0.5) is 0 Å². The van der Waals surface area contributed by atoms with Crippen molar-refractivity contribution in [3.05, 3.63) is 28.1 Å². The second-order valence-corrected chi connectivity index (χ2v) is 5.53. The van der Waals surface area contributed by atoms with Gasteiger partial charge in [-0.3, -0.25) is 0 Å². The van der Waals surface area contributed by atoms with Gasteiger partial charge in [0.05, 0.1) is 12.2 Å². The maximum absolute atomic E-state index is 5.47. The Morgan fingerprint density at radius 2 is 2.05 bits per heavy atom. The number of hydrogen-bond acceptors (Lipinski definition) is 4. The zero-order valence-electron chi connectivity index (χ0n) is 11.7. The molecule has 0 fully saturated rings. The third-order valence-electron chi connectivity index (χ3n) is 3.45. The Bertz CT molecular complexity index is 667. The molecule has 1 aliphatic rings. The molecule has 0 spiro atoms. The molecule has 0 radical (unpaired) electrons. The third kappa shape index (κ3) is 2.09. The average Bonchev–Trinajstić information content (AvgIpc) is 2.95. The molecule has 1 aromatic heterocycles. The van der Waals surface area contributed by atoms with E-state index in [2.05, 4.69) is 37.7 Å². The molecule has 2 aromatic rings. The van der Waals surface area contributed by atoms with Crippen LogP contribution in [0.3, 0.4) is 0 Å². The Hall–Kier alpha value is -1.53. The topological polar surface area (TPSA) is 48.3 Å². The van der Waals surface area contributed by atoms with Crippen molar-refractivity contribution in [3.63, 3.8) is 0 Å². The zero-order chi connectivity index (χ0) is 14.3. The first kappa shape index (κ1) is 13.5. The Morgan fingerprint density at radius 3 is 2.75 bits per heavy atom. The number of rotatable bonds is 3. The molecule has 20 heavy (non-hydrogen) atoms. The summed E-state index contributed by atoms with van der Waals surface area (Å²) in [6.07, 6.45) is 0. The molecule has 1 aromatic carbocycles. The van der Waals surface area contributed by atoms with Gasteiger partial charge in [-0.05, 0) is 47.6 Å². The fourth-order valence-corrected chi connectivity index (χ4v) is 3.10. The lowest BCUT2D eigenvalue weighted by Gasteiger charge is -2.10. The smallest absolute Gasteiger partial charge is 0.231 e. The zero-order valence-corrected chi connectivity index (χ0v) is 13.2. The summed E-state index contributed by atoms with van der Waals surface area (Å²) in [4.78, 5) is 4.56. The first-order valence-corrected chi connectivity index (χ1v) is 7.17. The van der Waals surface area contributed by atoms with Gasteiger partial charge in [0, 0.05) is 12.6 Å². The van der Waals surface area contributed by atoms with Crippen molar-refractivity contribution < 1.29 is 9.47 Å². The van der Waals surface area contributed by atoms with E-state index < -0.39 is 0 Å². The van der Waals surface area contributed by atoms with E-state index in [4.69, 9.17) is 9.47 Å². The van der Waals surface area contributed by atoms with Crippen LogP contribution in [0.2, 0.25) is 0 Å². The number of benzene rings is 1. The SMILES string of the molecule is CNCc1nc(Br)c(-c2cc3c(cc2C)OCO3)n1C. The molecule has 0 amide bonds. The van der Waals surface area contributed by atoms with Crippen molar-refractivity contribution >= 4 is 15.9 Å². The van der Waals surface area contributed by atoms with Crippen LogP contribution in [-0.4, -0.2) is 23.4 Å². The number of ether oxygens (including phenoxy) is 2. The van der Waals surface area contributed by atoms with Crippen molar-refractivity contribution in [2.24, 2.45) is 7.05 Å². The molecule has 106 valence electrons. The fraction of sp³-hybridized carbons (Fsp3) is 0.357. The molecule has 0 atom stereocenters. The number of nitrogens with zero attached hydrogens (tertiary/aromatic N) is 2. The molecule has 5 nitrogen and oxygen atoms in total. The average molecular weight is 338 g/mol. The van der Waals surface area contributed by atoms with Crippen molar-refractivity contribution in [1.29, 1.82) is 0 Å². The second kappa shape index (κ2) is 5.10. The molecule has 0 saturated carbocycles. The first-order chi connectivity index (χ1) is 9.61. The van der Waals surface area contributed by atoms with Gasteiger partial charge in [-0.1, -0.05) is 0 Å². The highest BCUT2D eigenvalue weighted by Crippen LogP contribution is 2.40. The van der Waals surface area contributed by atoms with Crippen LogP contribution >= 0.6 is 15.9 Å². The van der Waals surface area contributed by atoms with Crippen LogP contribution in [0.5, 0.6) is 11.5 Å². The lowest BCUT2D eigenvalue weighted by Crippen LogP contribution is -2.10. The quantitative estimate of drug-likeness (QED) is 0.935. The van der Waals surface area contributed by atoms with Gasteiger partial charge < -0.3 is 19.4 Å². The predicted octanol–water partition coefficient (Wildman–Crippen LogP) is 2.61. The number of halogens is 1. The number of aryl methyl sites for hydroxylation is 1. The molecule has 6 heteroatoms. The summed E-state index contributed by atoms with van der Waals surface area (Å²) in [5.74, 6) is 2.57. The van der Waals surface area contributed by atoms with Gasteiger partial charge in [-0.15, -0.1) is 0 Å². The van der Waals surface area contributed by atoms with E-state index >= 15 is 0 Å². The number of hydrogen-bond donors (Lipinski definition) is 1. The number of aromatic nitrogens is 2. The summed E-state index contributed by atoms with van der Waals surface area (Å²) in [5, 5.41) is 3.12. The minimum absolute atomic E-state index is 0.287. The molecule has 1 N–H and O–H groups in total. The Morgan fingerprint density at radius 1 is 1.35 bits per heavy atom. The normalized spacial score (nSPS) is 13.0. The molecule has 2 heterocycles. The second-order valence-electron chi connectivity index (χ2n) is 4.78. The lowest BCUT2D eigenvalue weighted by molar-refractivity contribution is 0.174. The minimum atomic E-state index is 0.287. The van der Waals surface area contributed by atoms with Crippen LogP contribution in [0.25, 0.3) is 11.3 Å². The molecular formula is C14H16BrN3O2. The highest BCUT2D eigenvalue weighted by Gasteiger charge is 2.21. The monoisotopic (exact) mass is 337 g/mol. The summed E-state index contributed by atoms with van der Waals surface area (Å²) in [6.45, 7) is 3.07. The van der Waals surface area contributed by atoms with Crippen molar-refractivity contribution in [1.82, 2.24) is 14.9 Å². The summed E-state index contributed by atoms with van der Waals surface area (Å²) in [6, 6.07) is 4.03. The van der Waals surface area contributed by atoms with E-state index in [9.17, 15) is 0 Å². The maximum Gasteiger partial charge on any atom is 0.231 e. The van der Waals surface area contributed by atoms with Crippen LogP contribution in [-0.2, 0) is 13.6 Å². The number of nitrogens with one attached hydrogen (secondary N) is 1. The predicted molar refractivity (Wildman–Crippen MR) is 80.0 cm³/mol. The van der Waals surface area contributed by atoms with Gasteiger partial charge in [0.2, 0.25) is 6.79 Å². The maximum atomic E-state index is 5.47. The summed E-state index contributed by atoms with van der Waals surface area (Å²) in [7, 11) is 3.93. The summed E-state index contributed by atoms with van der Waals surface area (Å²) < 4.78 is 13.8. The van der Waals surface area contributed by atoms with Crippen molar-refractivity contribution in [2.45, 2.75) is 13.5 Å². The Balaban J connectivity index is 2.14. The summed E-state index contributed by atoms with van der Waals surface area (Å²) in [5.41, 5.74) is 3.28. The van der Waals surface area contributed by atoms with Crippen molar-refractivity contribution in [3.8, 4) is 22.8 Å². The highest BCUT2D eigenvalue weighted by atomic mass is 79.9. The van der Waals surface area contributed by atoms with E-state index in [-0.39, 0.29) is 6.79 Å². The van der Waals surface area contributed by atoms with E-state index in [0.29, 0.717) is 0 Å². The Labute approximate surface area is 126 Å². The molecule has 0 unspecified atom stereocenters. The van der Waals surface area contributed by atoms with Gasteiger partial charge in [-0.2, -0.15) is 0 Å². The van der Waals surface area contributed by atoms with Crippen LogP contribution in [0.15, 0.2) is 16.7 Å². The van der Waals surface area contributed by atoms with Crippen LogP contribution < -0.4 is 14.8 Å². The molecule has 0 aliphatic carbocycles. The van der Waals surface area contributed by atoms with E-state index in [1.165, 1.54) is 0 Å². The summed E-state index contributed by atoms with van der Waals surface area (Å²) >= 11 is 3.56. The van der Waals surface area contributed by atoms with Gasteiger partial charge >= 0.3 is 0 Å². The number of imidazole rings is 1. The van der Waals surface area contributed by atoms with Crippen molar-refractivity contribution in [2.75, 3.05) is 13.8 Å². The number of fused-ring (bicyclic) bond motifs is 1. The van der Waals surface area contributed by atoms with Gasteiger partial charge in [0.1, 0.15) is 10.4 Å². The van der Waals surface area contributed by atoms with E-state index in [0.717, 1.165) is 45.3 Å². The molecule has 0 bridgehead atoms. The molecule has 3 rings (SSSR count). The first-order valence-electron chi connectivity index (χ1n) is 6.38. The van der Waals surface area contributed by atoms with E-state index in [1.54, 1.807) is 0 Å². The van der Waals surface area contributed by atoms with Crippen LogP contribution in [0.1, 0.15) is 11.4 Å². The Kier molecular flexibility index (Phi) is 3.43. The van der Waals surface area contributed by atoms with E-state index in [1.807, 2.05) is 26.2 Å². The fourth-order valence-electron chi connectivity index (χ4n) is 2.42. The third-order valence-corrected chi connectivity index (χ3v) is 4.01. The molecular weight excluding hydrogens is 322 g/mol. The minimum Gasteiger partial charge on any atom is -0.454 e. The highest BCUT2D eigenvalue weighted by molar-refractivity contribution is 9.10. The van der Waals surface area contributed by atoms with Crippen LogP contribution in [0, 0.1) is 6.92 Å². The molecule has 0 saturated heterocycles. The van der Waals surface area contributed by atoms with Gasteiger partial charge in [0.25, 0.3) is 0 Å². The standard InChI is InChI=1S/C14H16BrN3O2/c1-8-4-10-11(20-7-19-10)5-9(8)13-14(15)17-12(6-16-2)18(13)3/h4-5,16H,6-7H2,1-3H3. The lowest BCUT2D eigenvalue weighted by atomic mass is 10.1. The van der Waals surface area contributed by atoms with Gasteiger partial charge in [-0.25, -0.2) is 4.98 Å². The largest absolute Gasteiger partial charge is 0.454 e. The molecule has 1 aliphatic heterocycles.